The van der Waals surface area contributed by atoms with Crippen LogP contribution in [0.1, 0.15) is 62.7 Å². The van der Waals surface area contributed by atoms with E-state index in [-0.39, 0.29) is 18.5 Å². The molecule has 0 spiro atoms. The van der Waals surface area contributed by atoms with E-state index in [9.17, 15) is 14.4 Å². The Morgan fingerprint density at radius 3 is 2.32 bits per heavy atom. The highest BCUT2D eigenvalue weighted by Crippen LogP contribution is 2.17. The van der Waals surface area contributed by atoms with Crippen molar-refractivity contribution in [2.75, 3.05) is 13.2 Å². The van der Waals surface area contributed by atoms with Gasteiger partial charge < -0.3 is 20.1 Å². The van der Waals surface area contributed by atoms with Gasteiger partial charge in [-0.3, -0.25) is 14.4 Å². The van der Waals surface area contributed by atoms with Gasteiger partial charge >= 0.3 is 5.97 Å². The Labute approximate surface area is 166 Å². The lowest BCUT2D eigenvalue weighted by Gasteiger charge is -2.19. The van der Waals surface area contributed by atoms with E-state index >= 15 is 0 Å². The summed E-state index contributed by atoms with van der Waals surface area (Å²) < 4.78 is 10.5. The summed E-state index contributed by atoms with van der Waals surface area (Å²) in [7, 11) is 0. The monoisotopic (exact) mass is 390 g/mol. The van der Waals surface area contributed by atoms with E-state index in [0.29, 0.717) is 17.9 Å². The number of hydrogen-bond acceptors (Lipinski definition) is 5. The normalized spacial score (nSPS) is 15.8. The maximum absolute atomic E-state index is 12.2. The summed E-state index contributed by atoms with van der Waals surface area (Å²) in [6, 6.07) is 6.77. The van der Waals surface area contributed by atoms with Crippen molar-refractivity contribution >= 4 is 17.8 Å². The summed E-state index contributed by atoms with van der Waals surface area (Å²) in [5.41, 5.74) is 0.412. The maximum Gasteiger partial charge on any atom is 0.326 e. The van der Waals surface area contributed by atoms with Gasteiger partial charge in [-0.1, -0.05) is 25.7 Å². The quantitative estimate of drug-likeness (QED) is 0.526. The lowest BCUT2D eigenvalue weighted by atomic mass is 10.1. The van der Waals surface area contributed by atoms with Crippen molar-refractivity contribution in [2.45, 2.75) is 64.5 Å². The summed E-state index contributed by atoms with van der Waals surface area (Å²) in [6.45, 7) is 3.67. The number of hydrogen-bond donors (Lipinski definition) is 2. The molecule has 2 N–H and O–H groups in total. The van der Waals surface area contributed by atoms with Gasteiger partial charge in [0.25, 0.3) is 11.8 Å². The summed E-state index contributed by atoms with van der Waals surface area (Å²) in [5, 5.41) is 5.45. The molecule has 1 aromatic rings. The number of carbonyl (C=O) groups is 3. The molecule has 2 rings (SSSR count). The third kappa shape index (κ3) is 7.21. The summed E-state index contributed by atoms with van der Waals surface area (Å²) in [4.78, 5) is 36.3. The van der Waals surface area contributed by atoms with Gasteiger partial charge in [0.2, 0.25) is 0 Å². The highest BCUT2D eigenvalue weighted by Gasteiger charge is 2.22. The fourth-order valence-corrected chi connectivity index (χ4v) is 3.16. The Bertz CT molecular complexity index is 651. The number of rotatable bonds is 8. The molecule has 1 aliphatic rings. The minimum atomic E-state index is -0.891. The Kier molecular flexibility index (Phi) is 8.78. The van der Waals surface area contributed by atoms with Crippen LogP contribution in [-0.2, 0) is 14.3 Å². The van der Waals surface area contributed by atoms with Crippen molar-refractivity contribution in [1.29, 1.82) is 0 Å². The molecule has 0 bridgehead atoms. The third-order valence-electron chi connectivity index (χ3n) is 4.70. The van der Waals surface area contributed by atoms with Crippen molar-refractivity contribution in [3.05, 3.63) is 29.8 Å². The lowest BCUT2D eigenvalue weighted by Crippen LogP contribution is -2.43. The lowest BCUT2D eigenvalue weighted by molar-refractivity contribution is -0.154. The molecule has 1 aromatic carbocycles. The van der Waals surface area contributed by atoms with Crippen LogP contribution in [0.5, 0.6) is 5.75 Å². The van der Waals surface area contributed by atoms with Crippen LogP contribution >= 0.6 is 0 Å². The highest BCUT2D eigenvalue weighted by molar-refractivity contribution is 5.96. The van der Waals surface area contributed by atoms with Crippen LogP contribution in [-0.4, -0.2) is 43.1 Å². The average Bonchev–Trinajstić information content (AvgIpc) is 2.95. The molecule has 2 amide bonds. The van der Waals surface area contributed by atoms with E-state index in [0.717, 1.165) is 25.7 Å². The van der Waals surface area contributed by atoms with Gasteiger partial charge in [0.05, 0.1) is 6.61 Å². The maximum atomic E-state index is 12.2. The zero-order valence-corrected chi connectivity index (χ0v) is 16.7. The number of ether oxygens (including phenoxy) is 2. The van der Waals surface area contributed by atoms with Crippen LogP contribution in [0.3, 0.4) is 0 Å². The van der Waals surface area contributed by atoms with E-state index < -0.39 is 18.0 Å². The SMILES string of the molecule is CCOc1ccc(C(=O)NCC(=O)O[C@H](C)C(=O)NC2CCCCCC2)cc1. The minimum absolute atomic E-state index is 0.149. The summed E-state index contributed by atoms with van der Waals surface area (Å²) in [5.74, 6) is -0.664. The second-order valence-corrected chi connectivity index (χ2v) is 6.97. The first-order valence-corrected chi connectivity index (χ1v) is 10.0. The van der Waals surface area contributed by atoms with Gasteiger partial charge in [-0.2, -0.15) is 0 Å². The molecule has 7 nitrogen and oxygen atoms in total. The Morgan fingerprint density at radius 2 is 1.71 bits per heavy atom. The first kappa shape index (κ1) is 21.7. The molecule has 154 valence electrons. The average molecular weight is 390 g/mol. The minimum Gasteiger partial charge on any atom is -0.494 e. The van der Waals surface area contributed by atoms with Gasteiger partial charge in [0, 0.05) is 11.6 Å². The molecule has 7 heteroatoms. The molecule has 0 saturated heterocycles. The Hall–Kier alpha value is -2.57. The van der Waals surface area contributed by atoms with E-state index in [1.165, 1.54) is 19.8 Å². The van der Waals surface area contributed by atoms with Crippen LogP contribution in [0.4, 0.5) is 0 Å². The highest BCUT2D eigenvalue weighted by atomic mass is 16.5. The fourth-order valence-electron chi connectivity index (χ4n) is 3.16. The van der Waals surface area contributed by atoms with Gasteiger partial charge in [-0.25, -0.2) is 0 Å². The molecule has 28 heavy (non-hydrogen) atoms. The third-order valence-corrected chi connectivity index (χ3v) is 4.70. The molecule has 0 aromatic heterocycles. The zero-order chi connectivity index (χ0) is 20.4. The van der Waals surface area contributed by atoms with Crippen molar-refractivity contribution in [3.8, 4) is 5.75 Å². The van der Waals surface area contributed by atoms with E-state index in [1.807, 2.05) is 6.92 Å². The molecule has 1 atom stereocenters. The number of carbonyl (C=O) groups excluding carboxylic acids is 3. The molecular formula is C21H30N2O5. The second kappa shape index (κ2) is 11.3. The molecule has 1 fully saturated rings. The Morgan fingerprint density at radius 1 is 1.07 bits per heavy atom. The number of amides is 2. The fraction of sp³-hybridized carbons (Fsp3) is 0.571. The first-order chi connectivity index (χ1) is 13.5. The Balaban J connectivity index is 1.72. The van der Waals surface area contributed by atoms with Crippen molar-refractivity contribution in [3.63, 3.8) is 0 Å². The van der Waals surface area contributed by atoms with E-state index in [2.05, 4.69) is 10.6 Å². The number of benzene rings is 1. The van der Waals surface area contributed by atoms with Gasteiger partial charge in [0.1, 0.15) is 12.3 Å². The predicted molar refractivity (Wildman–Crippen MR) is 105 cm³/mol. The summed E-state index contributed by atoms with van der Waals surface area (Å²) >= 11 is 0. The van der Waals surface area contributed by atoms with Crippen LogP contribution in [0.25, 0.3) is 0 Å². The molecule has 0 aliphatic heterocycles. The first-order valence-electron chi connectivity index (χ1n) is 10.0. The number of esters is 1. The number of nitrogens with one attached hydrogen (secondary N) is 2. The molecule has 0 heterocycles. The van der Waals surface area contributed by atoms with E-state index in [4.69, 9.17) is 9.47 Å². The van der Waals surface area contributed by atoms with Crippen molar-refractivity contribution < 1.29 is 23.9 Å². The largest absolute Gasteiger partial charge is 0.494 e. The van der Waals surface area contributed by atoms with Crippen LogP contribution < -0.4 is 15.4 Å². The smallest absolute Gasteiger partial charge is 0.326 e. The van der Waals surface area contributed by atoms with Crippen LogP contribution in [0.2, 0.25) is 0 Å². The second-order valence-electron chi connectivity index (χ2n) is 6.97. The molecular weight excluding hydrogens is 360 g/mol. The van der Waals surface area contributed by atoms with Crippen molar-refractivity contribution in [2.24, 2.45) is 0 Å². The van der Waals surface area contributed by atoms with Gasteiger partial charge in [-0.15, -0.1) is 0 Å². The summed E-state index contributed by atoms with van der Waals surface area (Å²) in [6.07, 6.45) is 5.65. The van der Waals surface area contributed by atoms with Gasteiger partial charge in [0.15, 0.2) is 6.10 Å². The zero-order valence-electron chi connectivity index (χ0n) is 16.7. The molecule has 0 radical (unpaired) electrons. The van der Waals surface area contributed by atoms with Gasteiger partial charge in [-0.05, 0) is 51.0 Å². The van der Waals surface area contributed by atoms with Crippen molar-refractivity contribution in [1.82, 2.24) is 10.6 Å². The molecule has 1 aliphatic carbocycles. The van der Waals surface area contributed by atoms with Crippen LogP contribution in [0, 0.1) is 0 Å². The standard InChI is InChI=1S/C21H30N2O5/c1-3-27-18-12-10-16(11-13-18)21(26)22-14-19(24)28-15(2)20(25)23-17-8-6-4-5-7-9-17/h10-13,15,17H,3-9,14H2,1-2H3,(H,22,26)(H,23,25)/t15-/m1/s1. The van der Waals surface area contributed by atoms with E-state index in [1.54, 1.807) is 24.3 Å². The predicted octanol–water partition coefficient (Wildman–Crippen LogP) is 2.59. The topological polar surface area (TPSA) is 93.7 Å². The van der Waals surface area contributed by atoms with Crippen LogP contribution in [0.15, 0.2) is 24.3 Å². The molecule has 1 saturated carbocycles. The molecule has 0 unspecified atom stereocenters.